The zero-order chi connectivity index (χ0) is 15.1. The van der Waals surface area contributed by atoms with Crippen LogP contribution in [0.3, 0.4) is 0 Å². The van der Waals surface area contributed by atoms with E-state index in [1.54, 1.807) is 12.1 Å². The van der Waals surface area contributed by atoms with E-state index in [4.69, 9.17) is 4.74 Å². The van der Waals surface area contributed by atoms with Crippen molar-refractivity contribution in [1.82, 2.24) is 10.2 Å². The highest BCUT2D eigenvalue weighted by Gasteiger charge is 2.20. The van der Waals surface area contributed by atoms with Gasteiger partial charge in [0.15, 0.2) is 0 Å². The number of hydrogen-bond acceptors (Lipinski definition) is 3. The van der Waals surface area contributed by atoms with Crippen molar-refractivity contribution in [3.05, 3.63) is 35.6 Å². The molecule has 0 amide bonds. The van der Waals surface area contributed by atoms with Crippen molar-refractivity contribution in [1.29, 1.82) is 0 Å². The Hall–Kier alpha value is -0.970. The second-order valence-electron chi connectivity index (χ2n) is 5.66. The standard InChI is InChI=1S/C17H27FN2O/c1-3-16-13-20(10-11-21-16)9-8-17(19-4-2)14-6-5-7-15(18)12-14/h5-7,12,16-17,19H,3-4,8-11,13H2,1-2H3. The van der Waals surface area contributed by atoms with E-state index in [0.29, 0.717) is 6.10 Å². The fraction of sp³-hybridized carbons (Fsp3) is 0.647. The predicted octanol–water partition coefficient (Wildman–Crippen LogP) is 2.98. The summed E-state index contributed by atoms with van der Waals surface area (Å²) in [6.45, 7) is 9.01. The van der Waals surface area contributed by atoms with E-state index in [1.165, 1.54) is 6.07 Å². The molecule has 0 bridgehead atoms. The molecule has 1 heterocycles. The Kier molecular flexibility index (Phi) is 6.61. The Morgan fingerprint density at radius 1 is 1.43 bits per heavy atom. The van der Waals surface area contributed by atoms with Gasteiger partial charge in [-0.2, -0.15) is 0 Å². The maximum atomic E-state index is 13.4. The first kappa shape index (κ1) is 16.4. The number of nitrogens with zero attached hydrogens (tertiary/aromatic N) is 1. The van der Waals surface area contributed by atoms with Crippen molar-refractivity contribution in [2.75, 3.05) is 32.8 Å². The fourth-order valence-electron chi connectivity index (χ4n) is 2.90. The molecule has 1 aliphatic heterocycles. The molecule has 21 heavy (non-hydrogen) atoms. The van der Waals surface area contributed by atoms with Gasteiger partial charge in [0.05, 0.1) is 12.7 Å². The molecule has 1 aromatic rings. The number of nitrogens with one attached hydrogen (secondary N) is 1. The van der Waals surface area contributed by atoms with Gasteiger partial charge in [0, 0.05) is 25.7 Å². The van der Waals surface area contributed by atoms with Crippen molar-refractivity contribution in [3.63, 3.8) is 0 Å². The van der Waals surface area contributed by atoms with Gasteiger partial charge in [0.25, 0.3) is 0 Å². The summed E-state index contributed by atoms with van der Waals surface area (Å²) in [5.41, 5.74) is 1.04. The summed E-state index contributed by atoms with van der Waals surface area (Å²) in [6, 6.07) is 7.15. The normalized spacial score (nSPS) is 21.4. The van der Waals surface area contributed by atoms with Crippen LogP contribution in [0, 0.1) is 5.82 Å². The molecular weight excluding hydrogens is 267 g/mol. The molecule has 0 saturated carbocycles. The van der Waals surface area contributed by atoms with Crippen molar-refractivity contribution in [2.24, 2.45) is 0 Å². The third-order valence-corrected chi connectivity index (χ3v) is 4.11. The summed E-state index contributed by atoms with van der Waals surface area (Å²) < 4.78 is 19.1. The van der Waals surface area contributed by atoms with Gasteiger partial charge in [0.1, 0.15) is 5.82 Å². The van der Waals surface area contributed by atoms with Crippen LogP contribution in [-0.4, -0.2) is 43.8 Å². The van der Waals surface area contributed by atoms with Gasteiger partial charge >= 0.3 is 0 Å². The minimum absolute atomic E-state index is 0.159. The van der Waals surface area contributed by atoms with Crippen molar-refractivity contribution in [3.8, 4) is 0 Å². The molecule has 2 rings (SSSR count). The van der Waals surface area contributed by atoms with Gasteiger partial charge in [-0.15, -0.1) is 0 Å². The van der Waals surface area contributed by atoms with Crippen molar-refractivity contribution >= 4 is 0 Å². The maximum Gasteiger partial charge on any atom is 0.123 e. The second-order valence-corrected chi connectivity index (χ2v) is 5.66. The lowest BCUT2D eigenvalue weighted by atomic mass is 10.0. The highest BCUT2D eigenvalue weighted by Crippen LogP contribution is 2.19. The summed E-state index contributed by atoms with van der Waals surface area (Å²) in [5.74, 6) is -0.159. The molecule has 1 fully saturated rings. The van der Waals surface area contributed by atoms with Gasteiger partial charge in [-0.3, -0.25) is 4.90 Å². The largest absolute Gasteiger partial charge is 0.376 e. The van der Waals surface area contributed by atoms with Gasteiger partial charge in [-0.05, 0) is 37.1 Å². The smallest absolute Gasteiger partial charge is 0.123 e. The Bertz CT molecular complexity index is 427. The van der Waals surface area contributed by atoms with Crippen LogP contribution in [-0.2, 0) is 4.74 Å². The molecule has 2 atom stereocenters. The number of benzene rings is 1. The summed E-state index contributed by atoms with van der Waals surface area (Å²) in [4.78, 5) is 2.46. The number of rotatable bonds is 7. The average Bonchev–Trinajstić information content (AvgIpc) is 2.51. The molecule has 0 aliphatic carbocycles. The van der Waals surface area contributed by atoms with Gasteiger partial charge in [-0.25, -0.2) is 4.39 Å². The lowest BCUT2D eigenvalue weighted by Gasteiger charge is -2.33. The first-order valence-electron chi connectivity index (χ1n) is 8.05. The SMILES string of the molecule is CCNC(CCN1CCOC(CC)C1)c1cccc(F)c1. The van der Waals surface area contributed by atoms with E-state index < -0.39 is 0 Å². The Morgan fingerprint density at radius 2 is 2.29 bits per heavy atom. The van der Waals surface area contributed by atoms with E-state index in [2.05, 4.69) is 24.1 Å². The van der Waals surface area contributed by atoms with Crippen molar-refractivity contribution < 1.29 is 9.13 Å². The minimum Gasteiger partial charge on any atom is -0.376 e. The van der Waals surface area contributed by atoms with Crippen LogP contribution in [0.25, 0.3) is 0 Å². The van der Waals surface area contributed by atoms with Crippen LogP contribution in [0.5, 0.6) is 0 Å². The number of morpholine rings is 1. The Morgan fingerprint density at radius 3 is 3.00 bits per heavy atom. The zero-order valence-corrected chi connectivity index (χ0v) is 13.1. The third kappa shape index (κ3) is 5.06. The summed E-state index contributed by atoms with van der Waals surface area (Å²) in [5, 5.41) is 3.47. The fourth-order valence-corrected chi connectivity index (χ4v) is 2.90. The van der Waals surface area contributed by atoms with E-state index >= 15 is 0 Å². The molecule has 1 aromatic carbocycles. The highest BCUT2D eigenvalue weighted by atomic mass is 19.1. The molecule has 0 spiro atoms. The lowest BCUT2D eigenvalue weighted by molar-refractivity contribution is -0.0305. The van der Waals surface area contributed by atoms with Crippen LogP contribution >= 0.6 is 0 Å². The predicted molar refractivity (Wildman–Crippen MR) is 83.9 cm³/mol. The first-order valence-corrected chi connectivity index (χ1v) is 8.05. The van der Waals surface area contributed by atoms with E-state index in [0.717, 1.165) is 51.2 Å². The van der Waals surface area contributed by atoms with Crippen LogP contribution in [0.15, 0.2) is 24.3 Å². The van der Waals surface area contributed by atoms with Crippen LogP contribution in [0.1, 0.15) is 38.3 Å². The van der Waals surface area contributed by atoms with E-state index in [-0.39, 0.29) is 11.9 Å². The molecule has 0 aromatic heterocycles. The molecule has 1 aliphatic rings. The molecule has 1 N–H and O–H groups in total. The average molecular weight is 294 g/mol. The van der Waals surface area contributed by atoms with E-state index in [1.807, 2.05) is 6.07 Å². The molecule has 3 nitrogen and oxygen atoms in total. The quantitative estimate of drug-likeness (QED) is 0.837. The molecule has 4 heteroatoms. The van der Waals surface area contributed by atoms with Crippen LogP contribution < -0.4 is 5.32 Å². The highest BCUT2D eigenvalue weighted by molar-refractivity contribution is 5.20. The molecular formula is C17H27FN2O. The number of ether oxygens (including phenoxy) is 1. The summed E-state index contributed by atoms with van der Waals surface area (Å²) in [7, 11) is 0. The molecule has 2 unspecified atom stereocenters. The van der Waals surface area contributed by atoms with Gasteiger partial charge in [-0.1, -0.05) is 26.0 Å². The van der Waals surface area contributed by atoms with Crippen LogP contribution in [0.4, 0.5) is 4.39 Å². The second kappa shape index (κ2) is 8.47. The lowest BCUT2D eigenvalue weighted by Crippen LogP contribution is -2.43. The Balaban J connectivity index is 1.91. The minimum atomic E-state index is -0.159. The molecule has 118 valence electrons. The van der Waals surface area contributed by atoms with Gasteiger partial charge < -0.3 is 10.1 Å². The first-order chi connectivity index (χ1) is 10.2. The number of hydrogen-bond donors (Lipinski definition) is 1. The monoisotopic (exact) mass is 294 g/mol. The van der Waals surface area contributed by atoms with Crippen molar-refractivity contribution in [2.45, 2.75) is 38.8 Å². The molecule has 0 radical (unpaired) electrons. The maximum absolute atomic E-state index is 13.4. The third-order valence-electron chi connectivity index (χ3n) is 4.11. The van der Waals surface area contributed by atoms with Gasteiger partial charge in [0.2, 0.25) is 0 Å². The van der Waals surface area contributed by atoms with Crippen LogP contribution in [0.2, 0.25) is 0 Å². The van der Waals surface area contributed by atoms with E-state index in [9.17, 15) is 4.39 Å². The topological polar surface area (TPSA) is 24.5 Å². The Labute approximate surface area is 127 Å². The number of halogens is 1. The summed E-state index contributed by atoms with van der Waals surface area (Å²) >= 11 is 0. The molecule has 1 saturated heterocycles. The summed E-state index contributed by atoms with van der Waals surface area (Å²) in [6.07, 6.45) is 2.43. The zero-order valence-electron chi connectivity index (χ0n) is 13.1.